The Balaban J connectivity index is 1.80. The van der Waals surface area contributed by atoms with Gasteiger partial charge in [0.1, 0.15) is 11.5 Å². The van der Waals surface area contributed by atoms with Crippen LogP contribution in [0.4, 0.5) is 0 Å². The first-order valence-electron chi connectivity index (χ1n) is 13.1. The van der Waals surface area contributed by atoms with Crippen LogP contribution in [0.2, 0.25) is 0 Å². The molecule has 5 atom stereocenters. The molecule has 2 fully saturated rings. The second-order valence-electron chi connectivity index (χ2n) is 7.91. The number of esters is 1. The zero-order chi connectivity index (χ0) is 24.9. The van der Waals surface area contributed by atoms with Crippen LogP contribution in [0, 0.1) is 28.6 Å². The van der Waals surface area contributed by atoms with Gasteiger partial charge in [-0.25, -0.2) is 0 Å². The van der Waals surface area contributed by atoms with Gasteiger partial charge in [-0.05, 0) is 66.9 Å². The second kappa shape index (κ2) is 5.31. The van der Waals surface area contributed by atoms with Crippen molar-refractivity contribution in [3.8, 4) is 0 Å². The summed E-state index contributed by atoms with van der Waals surface area (Å²) in [5.74, 6) is -3.36. The number of fused-ring (bicyclic) bond motifs is 5. The van der Waals surface area contributed by atoms with E-state index in [0.717, 1.165) is 0 Å². The van der Waals surface area contributed by atoms with Gasteiger partial charge < -0.3 is 4.74 Å². The number of ether oxygens (including phenoxy) is 1. The molecule has 0 bridgehead atoms. The molecule has 4 aliphatic rings. The summed E-state index contributed by atoms with van der Waals surface area (Å²) >= 11 is 0. The lowest BCUT2D eigenvalue weighted by Gasteiger charge is -2.55. The molecule has 0 aromatic heterocycles. The molecule has 0 aliphatic heterocycles. The monoisotopic (exact) mass is 337 g/mol. The largest absolute Gasteiger partial charge is 0.431 e. The lowest BCUT2D eigenvalue weighted by atomic mass is 9.49. The molecule has 2 saturated carbocycles. The van der Waals surface area contributed by atoms with Gasteiger partial charge in [0, 0.05) is 34.6 Å². The van der Waals surface area contributed by atoms with Crippen LogP contribution in [0.1, 0.15) is 77.9 Å². The van der Waals surface area contributed by atoms with Crippen LogP contribution in [0.5, 0.6) is 0 Å². The Morgan fingerprint density at radius 1 is 1.29 bits per heavy atom. The van der Waals surface area contributed by atoms with Crippen molar-refractivity contribution in [3.05, 3.63) is 23.4 Å². The van der Waals surface area contributed by atoms with Crippen LogP contribution in [0.25, 0.3) is 0 Å². The first-order chi connectivity index (χ1) is 14.9. The third-order valence-electron chi connectivity index (χ3n) is 6.78. The highest BCUT2D eigenvalue weighted by Crippen LogP contribution is 2.63. The molecule has 24 heavy (non-hydrogen) atoms. The highest BCUT2D eigenvalue weighted by Gasteiger charge is 2.58. The van der Waals surface area contributed by atoms with Crippen molar-refractivity contribution in [2.75, 3.05) is 0 Å². The molecule has 0 aromatic carbocycles. The van der Waals surface area contributed by atoms with Gasteiger partial charge in [-0.1, -0.05) is 19.9 Å². The van der Waals surface area contributed by atoms with E-state index >= 15 is 0 Å². The van der Waals surface area contributed by atoms with Crippen molar-refractivity contribution < 1.29 is 26.7 Å². The Morgan fingerprint density at radius 3 is 2.88 bits per heavy atom. The number of rotatable bonds is 1. The van der Waals surface area contributed by atoms with E-state index in [1.165, 1.54) is 0 Å². The molecule has 4 aliphatic carbocycles. The molecular formula is C21H28O3. The van der Waals surface area contributed by atoms with Crippen LogP contribution in [-0.2, 0) is 14.3 Å². The van der Waals surface area contributed by atoms with Crippen LogP contribution < -0.4 is 0 Å². The maximum atomic E-state index is 12.9. The predicted octanol–water partition coefficient (Wildman–Crippen LogP) is 4.58. The normalized spacial score (nSPS) is 55.0. The fourth-order valence-electron chi connectivity index (χ4n) is 5.34. The molecule has 130 valence electrons. The first kappa shape index (κ1) is 8.82. The number of allylic oxidation sites excluding steroid dienone is 4. The van der Waals surface area contributed by atoms with E-state index in [1.807, 2.05) is 0 Å². The van der Waals surface area contributed by atoms with E-state index in [4.69, 9.17) is 17.1 Å². The predicted molar refractivity (Wildman–Crippen MR) is 91.9 cm³/mol. The molecule has 4 rings (SSSR count). The summed E-state index contributed by atoms with van der Waals surface area (Å²) < 4.78 is 77.4. The maximum Gasteiger partial charge on any atom is 0.307 e. The maximum absolute atomic E-state index is 12.9. The second-order valence-corrected chi connectivity index (χ2v) is 7.91. The fourth-order valence-corrected chi connectivity index (χ4v) is 5.34. The minimum Gasteiger partial charge on any atom is -0.431 e. The van der Waals surface area contributed by atoms with Gasteiger partial charge in [0.25, 0.3) is 0 Å². The standard InChI is InChI=1S/C21H28O3/c1-13(22)24-15-8-10-20(2)14(12-15)4-5-16-17-6-7-19(23)21(17,3)11-9-18(16)20/h4,12,16-18H,5-11H2,1-3H3/t16-,17-,18-,20-,21-/m0/s1/i1D3,4D,7D2,8D2,12D. The highest BCUT2D eigenvalue weighted by atomic mass is 16.5. The van der Waals surface area contributed by atoms with Crippen LogP contribution >= 0.6 is 0 Å². The smallest absolute Gasteiger partial charge is 0.307 e. The number of carbonyl (C=O) groups is 2. The van der Waals surface area contributed by atoms with E-state index in [0.29, 0.717) is 12.8 Å². The molecule has 0 heterocycles. The zero-order valence-electron chi connectivity index (χ0n) is 23.0. The summed E-state index contributed by atoms with van der Waals surface area (Å²) in [4.78, 5) is 24.8. The molecule has 0 unspecified atom stereocenters. The van der Waals surface area contributed by atoms with E-state index in [9.17, 15) is 9.59 Å². The van der Waals surface area contributed by atoms with Gasteiger partial charge >= 0.3 is 5.97 Å². The minimum absolute atomic E-state index is 0.0695. The Kier molecular flexibility index (Phi) is 1.95. The van der Waals surface area contributed by atoms with Gasteiger partial charge in [0.2, 0.25) is 0 Å². The van der Waals surface area contributed by atoms with Crippen LogP contribution in [-0.4, -0.2) is 11.8 Å². The number of carbonyl (C=O) groups excluding carboxylic acids is 2. The molecule has 3 heteroatoms. The summed E-state index contributed by atoms with van der Waals surface area (Å²) in [6, 6.07) is -0.383. The minimum atomic E-state index is -3.11. The molecule has 0 amide bonds. The summed E-state index contributed by atoms with van der Waals surface area (Å²) in [5, 5.41) is 0. The number of Topliss-reactive ketones (excluding diaryl/α,β-unsaturated/α-hetero) is 1. The van der Waals surface area contributed by atoms with Crippen LogP contribution in [0.3, 0.4) is 0 Å². The first-order valence-corrected chi connectivity index (χ1v) is 8.55. The molecule has 0 N–H and O–H groups in total. The van der Waals surface area contributed by atoms with Crippen molar-refractivity contribution >= 4 is 11.8 Å². The summed E-state index contributed by atoms with van der Waals surface area (Å²) in [6.45, 7) is 0.479. The average Bonchev–Trinajstić information content (AvgIpc) is 2.83. The summed E-state index contributed by atoms with van der Waals surface area (Å²) in [7, 11) is 0. The van der Waals surface area contributed by atoms with Crippen molar-refractivity contribution in [1.29, 1.82) is 0 Å². The fraction of sp³-hybridized carbons (Fsp3) is 0.714. The lowest BCUT2D eigenvalue weighted by Crippen LogP contribution is -2.49. The SMILES string of the molecule is [2H]C1=C2C([2H])=C(OC(=O)C([2H])([2H])[2H])C([2H])([2H])C[C@]2(C)[C@H]2CC[C@]3(C)C(=O)C([2H])([2H])C[C@H]3[C@@H]2C1. The Morgan fingerprint density at radius 2 is 2.08 bits per heavy atom. The number of hydrogen-bond donors (Lipinski definition) is 0. The summed E-state index contributed by atoms with van der Waals surface area (Å²) in [5.41, 5.74) is -1.54. The molecule has 0 saturated heterocycles. The molecular weight excluding hydrogens is 300 g/mol. The van der Waals surface area contributed by atoms with Crippen LogP contribution in [0.15, 0.2) is 23.4 Å². The molecule has 0 spiro atoms. The highest BCUT2D eigenvalue weighted by molar-refractivity contribution is 5.87. The number of ketones is 1. The van der Waals surface area contributed by atoms with E-state index in [2.05, 4.69) is 0 Å². The third-order valence-corrected chi connectivity index (χ3v) is 6.78. The Hall–Kier alpha value is -1.38. The van der Waals surface area contributed by atoms with Crippen molar-refractivity contribution in [2.24, 2.45) is 28.6 Å². The Labute approximate surface area is 157 Å². The topological polar surface area (TPSA) is 43.4 Å². The van der Waals surface area contributed by atoms with Crippen molar-refractivity contribution in [3.63, 3.8) is 0 Å². The Bertz CT molecular complexity index is 995. The quantitative estimate of drug-likeness (QED) is 0.658. The molecule has 3 nitrogen and oxygen atoms in total. The third kappa shape index (κ3) is 2.16. The zero-order valence-corrected chi connectivity index (χ0v) is 14.0. The lowest BCUT2D eigenvalue weighted by molar-refractivity contribution is -0.137. The van der Waals surface area contributed by atoms with Gasteiger partial charge in [0.05, 0.1) is 2.74 Å². The summed E-state index contributed by atoms with van der Waals surface area (Å²) in [6.07, 6.45) is -3.17. The van der Waals surface area contributed by atoms with Gasteiger partial charge in [0.15, 0.2) is 0 Å². The van der Waals surface area contributed by atoms with Crippen molar-refractivity contribution in [2.45, 2.75) is 65.5 Å². The van der Waals surface area contributed by atoms with Crippen molar-refractivity contribution in [1.82, 2.24) is 0 Å². The van der Waals surface area contributed by atoms with Gasteiger partial charge in [-0.15, -0.1) is 0 Å². The van der Waals surface area contributed by atoms with E-state index < -0.39 is 54.0 Å². The van der Waals surface area contributed by atoms with E-state index in [-0.39, 0.29) is 48.6 Å². The number of hydrogen-bond acceptors (Lipinski definition) is 3. The van der Waals surface area contributed by atoms with Gasteiger partial charge in [-0.3, -0.25) is 9.59 Å². The average molecular weight is 338 g/mol. The van der Waals surface area contributed by atoms with E-state index in [1.54, 1.807) is 13.8 Å². The van der Waals surface area contributed by atoms with Gasteiger partial charge in [-0.2, -0.15) is 0 Å². The molecule has 0 aromatic rings. The molecule has 0 radical (unpaired) electrons.